The van der Waals surface area contributed by atoms with Crippen molar-refractivity contribution in [3.8, 4) is 6.07 Å². The number of nitrogens with zero attached hydrogens (tertiary/aromatic N) is 1. The second-order valence-corrected chi connectivity index (χ2v) is 3.99. The normalized spacial score (nSPS) is 16.5. The van der Waals surface area contributed by atoms with Crippen molar-refractivity contribution in [1.82, 2.24) is 5.32 Å². The Morgan fingerprint density at radius 3 is 1.88 bits per heavy atom. The van der Waals surface area contributed by atoms with Crippen molar-refractivity contribution in [2.45, 2.75) is 20.0 Å². The fourth-order valence-electron chi connectivity index (χ4n) is 0.890. The Bertz CT molecular complexity index is 290. The van der Waals surface area contributed by atoms with Crippen LogP contribution in [0.4, 0.5) is 13.2 Å². The Labute approximate surface area is 91.1 Å². The molecule has 0 unspecified atom stereocenters. The zero-order chi connectivity index (χ0) is 13.0. The molecule has 0 bridgehead atoms. The molecule has 1 saturated heterocycles. The fourth-order valence-corrected chi connectivity index (χ4v) is 0.890. The monoisotopic (exact) mass is 238 g/mol. The number of alkyl halides is 3. The van der Waals surface area contributed by atoms with Gasteiger partial charge in [0.15, 0.2) is 0 Å². The highest BCUT2D eigenvalue weighted by Crippen LogP contribution is 2.28. The van der Waals surface area contributed by atoms with Gasteiger partial charge >= 0.3 is 12.1 Å². The molecule has 0 aromatic heterocycles. The molecule has 0 aromatic carbocycles. The molecule has 0 spiro atoms. The molecule has 0 aromatic rings. The lowest BCUT2D eigenvalue weighted by Crippen LogP contribution is -2.49. The van der Waals surface area contributed by atoms with E-state index in [4.69, 9.17) is 15.2 Å². The van der Waals surface area contributed by atoms with Crippen LogP contribution in [0.5, 0.6) is 0 Å². The summed E-state index contributed by atoms with van der Waals surface area (Å²) in [6.07, 6.45) is -5.08. The predicted octanol–water partition coefficient (Wildman–Crippen LogP) is 1.39. The Morgan fingerprint density at radius 1 is 1.44 bits per heavy atom. The van der Waals surface area contributed by atoms with Crippen molar-refractivity contribution in [2.75, 3.05) is 13.1 Å². The van der Waals surface area contributed by atoms with Gasteiger partial charge in [-0.3, -0.25) is 0 Å². The molecule has 1 fully saturated rings. The van der Waals surface area contributed by atoms with Gasteiger partial charge in [0.25, 0.3) is 0 Å². The predicted molar refractivity (Wildman–Crippen MR) is 49.4 cm³/mol. The van der Waals surface area contributed by atoms with E-state index in [0.29, 0.717) is 5.92 Å². The second-order valence-electron chi connectivity index (χ2n) is 3.99. The molecule has 1 heterocycles. The molecule has 4 nitrogen and oxygen atoms in total. The summed E-state index contributed by atoms with van der Waals surface area (Å²) in [4.78, 5) is 8.90. The number of nitriles is 1. The van der Waals surface area contributed by atoms with Crippen LogP contribution in [-0.4, -0.2) is 30.3 Å². The second kappa shape index (κ2) is 5.16. The fraction of sp³-hybridized carbons (Fsp3) is 0.778. The van der Waals surface area contributed by atoms with E-state index >= 15 is 0 Å². The molecule has 7 heteroatoms. The van der Waals surface area contributed by atoms with Gasteiger partial charge in [0.05, 0.1) is 11.5 Å². The summed E-state index contributed by atoms with van der Waals surface area (Å²) in [7, 11) is 0. The number of carbonyl (C=O) groups is 1. The smallest absolute Gasteiger partial charge is 0.475 e. The Morgan fingerprint density at radius 2 is 1.81 bits per heavy atom. The number of nitrogens with one attached hydrogen (secondary N) is 1. The maximum atomic E-state index is 10.6. The van der Waals surface area contributed by atoms with Gasteiger partial charge in [0.1, 0.15) is 0 Å². The number of carboxylic acids is 1. The van der Waals surface area contributed by atoms with Crippen LogP contribution in [0.3, 0.4) is 0 Å². The first kappa shape index (κ1) is 14.7. The lowest BCUT2D eigenvalue weighted by Gasteiger charge is -2.35. The van der Waals surface area contributed by atoms with Gasteiger partial charge in [-0.05, 0) is 13.8 Å². The summed E-state index contributed by atoms with van der Waals surface area (Å²) in [6, 6.07) is 2.30. The average Bonchev–Trinajstić information content (AvgIpc) is 1.99. The zero-order valence-electron chi connectivity index (χ0n) is 8.93. The van der Waals surface area contributed by atoms with Gasteiger partial charge in [0, 0.05) is 19.0 Å². The quantitative estimate of drug-likeness (QED) is 0.724. The van der Waals surface area contributed by atoms with Crippen LogP contribution in [0.2, 0.25) is 0 Å². The van der Waals surface area contributed by atoms with E-state index in [0.717, 1.165) is 13.1 Å². The lowest BCUT2D eigenvalue weighted by molar-refractivity contribution is -0.192. The third-order valence-electron chi connectivity index (χ3n) is 2.33. The molecule has 2 N–H and O–H groups in total. The van der Waals surface area contributed by atoms with Crippen LogP contribution < -0.4 is 5.32 Å². The molecule has 1 aliphatic heterocycles. The summed E-state index contributed by atoms with van der Waals surface area (Å²) in [5.74, 6) is -2.19. The molecule has 0 radical (unpaired) electrons. The largest absolute Gasteiger partial charge is 0.490 e. The minimum atomic E-state index is -5.08. The van der Waals surface area contributed by atoms with Crippen LogP contribution in [-0.2, 0) is 4.79 Å². The van der Waals surface area contributed by atoms with Gasteiger partial charge in [-0.15, -0.1) is 0 Å². The number of hydrogen-bond acceptors (Lipinski definition) is 3. The van der Waals surface area contributed by atoms with Crippen LogP contribution in [0.25, 0.3) is 0 Å². The van der Waals surface area contributed by atoms with Crippen molar-refractivity contribution in [3.05, 3.63) is 0 Å². The Kier molecular flexibility index (Phi) is 4.75. The minimum Gasteiger partial charge on any atom is -0.475 e. The average molecular weight is 238 g/mol. The van der Waals surface area contributed by atoms with Crippen LogP contribution in [0.1, 0.15) is 13.8 Å². The van der Waals surface area contributed by atoms with Crippen molar-refractivity contribution in [1.29, 1.82) is 5.26 Å². The van der Waals surface area contributed by atoms with Gasteiger partial charge < -0.3 is 10.4 Å². The Balaban J connectivity index is 0.000000293. The minimum absolute atomic E-state index is 0.120. The molecule has 1 rings (SSSR count). The van der Waals surface area contributed by atoms with Gasteiger partial charge in [-0.2, -0.15) is 18.4 Å². The van der Waals surface area contributed by atoms with Crippen LogP contribution in [0.15, 0.2) is 0 Å². The number of carboxylic acid groups (broad SMARTS) is 1. The van der Waals surface area contributed by atoms with E-state index in [1.165, 1.54) is 0 Å². The summed E-state index contributed by atoms with van der Waals surface area (Å²) in [5, 5.41) is 18.9. The first-order valence-corrected chi connectivity index (χ1v) is 4.53. The van der Waals surface area contributed by atoms with Gasteiger partial charge in [-0.25, -0.2) is 4.79 Å². The number of aliphatic carboxylic acids is 1. The molecular formula is C9H13F3N2O2. The molecule has 1 aliphatic rings. The Hall–Kier alpha value is -1.29. The third-order valence-corrected chi connectivity index (χ3v) is 2.33. The molecule has 0 saturated carbocycles. The molecule has 0 atom stereocenters. The topological polar surface area (TPSA) is 73.1 Å². The van der Waals surface area contributed by atoms with E-state index in [-0.39, 0.29) is 5.41 Å². The molecule has 0 amide bonds. The maximum absolute atomic E-state index is 10.6. The van der Waals surface area contributed by atoms with Crippen LogP contribution >= 0.6 is 0 Å². The van der Waals surface area contributed by atoms with E-state index < -0.39 is 12.1 Å². The zero-order valence-corrected chi connectivity index (χ0v) is 8.93. The first-order chi connectivity index (χ1) is 7.11. The van der Waals surface area contributed by atoms with Crippen molar-refractivity contribution >= 4 is 5.97 Å². The van der Waals surface area contributed by atoms with Gasteiger partial charge in [-0.1, -0.05) is 0 Å². The van der Waals surface area contributed by atoms with Crippen LogP contribution in [0, 0.1) is 22.7 Å². The third kappa shape index (κ3) is 4.49. The lowest BCUT2D eigenvalue weighted by atomic mass is 9.77. The summed E-state index contributed by atoms with van der Waals surface area (Å²) in [6.45, 7) is 6.03. The number of hydrogen-bond donors (Lipinski definition) is 2. The SMILES string of the molecule is CC(C)(C#N)C1CNC1.O=C(O)C(F)(F)F. The van der Waals surface area contributed by atoms with Crippen molar-refractivity contribution in [3.63, 3.8) is 0 Å². The standard InChI is InChI=1S/C7H12N2.C2HF3O2/c1-7(2,5-8)6-3-9-4-6;3-2(4,5)1(6)7/h6,9H,3-4H2,1-2H3;(H,6,7). The number of halogens is 3. The summed E-state index contributed by atoms with van der Waals surface area (Å²) in [5.41, 5.74) is -0.120. The van der Waals surface area contributed by atoms with E-state index in [1.807, 2.05) is 13.8 Å². The maximum Gasteiger partial charge on any atom is 0.490 e. The highest BCUT2D eigenvalue weighted by molar-refractivity contribution is 5.73. The van der Waals surface area contributed by atoms with Gasteiger partial charge in [0.2, 0.25) is 0 Å². The first-order valence-electron chi connectivity index (χ1n) is 4.53. The highest BCUT2D eigenvalue weighted by atomic mass is 19.4. The van der Waals surface area contributed by atoms with E-state index in [9.17, 15) is 13.2 Å². The molecule has 0 aliphatic carbocycles. The molecule has 16 heavy (non-hydrogen) atoms. The number of rotatable bonds is 1. The summed E-state index contributed by atoms with van der Waals surface area (Å²) >= 11 is 0. The highest BCUT2D eigenvalue weighted by Gasteiger charge is 2.38. The molecule has 92 valence electrons. The van der Waals surface area contributed by atoms with Crippen molar-refractivity contribution < 1.29 is 23.1 Å². The van der Waals surface area contributed by atoms with E-state index in [1.54, 1.807) is 0 Å². The van der Waals surface area contributed by atoms with E-state index in [2.05, 4.69) is 11.4 Å². The summed E-state index contributed by atoms with van der Waals surface area (Å²) < 4.78 is 31.7. The van der Waals surface area contributed by atoms with Crippen molar-refractivity contribution in [2.24, 2.45) is 11.3 Å². The molecular weight excluding hydrogens is 225 g/mol.